The van der Waals surface area contributed by atoms with E-state index in [4.69, 9.17) is 14.2 Å². The van der Waals surface area contributed by atoms with Crippen LogP contribution in [0.3, 0.4) is 0 Å². The number of nitrogens with one attached hydrogen (secondary N) is 1. The van der Waals surface area contributed by atoms with Gasteiger partial charge in [-0.1, -0.05) is 60.7 Å². The summed E-state index contributed by atoms with van der Waals surface area (Å²) in [5.74, 6) is 0.993. The van der Waals surface area contributed by atoms with Gasteiger partial charge in [-0.3, -0.25) is 0 Å². The van der Waals surface area contributed by atoms with E-state index in [0.717, 1.165) is 37.2 Å². The Balaban J connectivity index is 1.08. The van der Waals surface area contributed by atoms with Crippen molar-refractivity contribution in [3.63, 3.8) is 0 Å². The van der Waals surface area contributed by atoms with Gasteiger partial charge in [-0.15, -0.1) is 0 Å². The largest absolute Gasteiger partial charge is 0.494 e. The van der Waals surface area contributed by atoms with E-state index in [1.54, 1.807) is 12.1 Å². The molecule has 1 saturated heterocycles. The molecule has 1 N–H and O–H groups in total. The molecule has 1 aliphatic heterocycles. The lowest BCUT2D eigenvalue weighted by molar-refractivity contribution is 0.0106. The lowest BCUT2D eigenvalue weighted by atomic mass is 9.87. The number of hydrogen-bond acceptors (Lipinski definition) is 4. The third kappa shape index (κ3) is 7.16. The fourth-order valence-corrected chi connectivity index (χ4v) is 4.85. The first kappa shape index (κ1) is 25.4. The van der Waals surface area contributed by atoms with Crippen molar-refractivity contribution >= 4 is 10.8 Å². The van der Waals surface area contributed by atoms with E-state index in [1.165, 1.54) is 34.0 Å². The Morgan fingerprint density at radius 2 is 1.57 bits per heavy atom. The van der Waals surface area contributed by atoms with E-state index >= 15 is 0 Å². The summed E-state index contributed by atoms with van der Waals surface area (Å²) in [5, 5.41) is 5.99. The van der Waals surface area contributed by atoms with Crippen LogP contribution in [0.1, 0.15) is 35.4 Å². The quantitative estimate of drug-likeness (QED) is 0.235. The summed E-state index contributed by atoms with van der Waals surface area (Å²) in [6.07, 6.45) is 1.97. The highest BCUT2D eigenvalue weighted by molar-refractivity contribution is 5.82. The highest BCUT2D eigenvalue weighted by Crippen LogP contribution is 2.30. The first-order chi connectivity index (χ1) is 18.2. The summed E-state index contributed by atoms with van der Waals surface area (Å²) in [4.78, 5) is 0. The first-order valence-electron chi connectivity index (χ1n) is 13.1. The van der Waals surface area contributed by atoms with Crippen molar-refractivity contribution < 1.29 is 18.6 Å². The molecule has 4 nitrogen and oxygen atoms in total. The smallest absolute Gasteiger partial charge is 0.123 e. The van der Waals surface area contributed by atoms with E-state index in [-0.39, 0.29) is 11.9 Å². The molecule has 4 aromatic rings. The molecule has 0 spiro atoms. The Morgan fingerprint density at radius 3 is 2.41 bits per heavy atom. The molecule has 0 saturated carbocycles. The Morgan fingerprint density at radius 1 is 0.784 bits per heavy atom. The SMILES string of the molecule is Fc1ccc(COCCCOc2ccc(C3CCNCC3OCc3ccc4ccccc4c3)cc2)cc1. The number of piperidine rings is 1. The number of halogens is 1. The molecule has 0 radical (unpaired) electrons. The molecule has 37 heavy (non-hydrogen) atoms. The fourth-order valence-electron chi connectivity index (χ4n) is 4.85. The molecule has 1 fully saturated rings. The van der Waals surface area contributed by atoms with Gasteiger partial charge < -0.3 is 19.5 Å². The van der Waals surface area contributed by atoms with Crippen LogP contribution in [0.25, 0.3) is 10.8 Å². The minimum Gasteiger partial charge on any atom is -0.494 e. The molecule has 5 rings (SSSR count). The summed E-state index contributed by atoms with van der Waals surface area (Å²) in [5.41, 5.74) is 3.46. The lowest BCUT2D eigenvalue weighted by Crippen LogP contribution is -2.40. The third-order valence-corrected chi connectivity index (χ3v) is 6.90. The van der Waals surface area contributed by atoms with Gasteiger partial charge in [0.05, 0.1) is 32.5 Å². The molecule has 1 heterocycles. The summed E-state index contributed by atoms with van der Waals surface area (Å²) in [6.45, 7) is 4.13. The molecular formula is C32H34FNO3. The van der Waals surface area contributed by atoms with Crippen molar-refractivity contribution in [3.8, 4) is 5.75 Å². The van der Waals surface area contributed by atoms with Crippen molar-refractivity contribution in [3.05, 3.63) is 114 Å². The zero-order valence-corrected chi connectivity index (χ0v) is 21.1. The van der Waals surface area contributed by atoms with E-state index in [0.29, 0.717) is 32.3 Å². The summed E-state index contributed by atoms with van der Waals surface area (Å²) < 4.78 is 31.0. The Hall–Kier alpha value is -3.25. The number of fused-ring (bicyclic) bond motifs is 1. The molecule has 0 bridgehead atoms. The molecule has 0 aliphatic carbocycles. The van der Waals surface area contributed by atoms with Crippen LogP contribution < -0.4 is 10.1 Å². The number of benzene rings is 4. The van der Waals surface area contributed by atoms with Crippen molar-refractivity contribution in [2.45, 2.75) is 38.1 Å². The fraction of sp³-hybridized carbons (Fsp3) is 0.312. The van der Waals surface area contributed by atoms with Gasteiger partial charge in [0, 0.05) is 18.9 Å². The van der Waals surface area contributed by atoms with Crippen LogP contribution in [-0.2, 0) is 22.7 Å². The van der Waals surface area contributed by atoms with Crippen molar-refractivity contribution in [2.24, 2.45) is 0 Å². The van der Waals surface area contributed by atoms with Crippen molar-refractivity contribution in [2.75, 3.05) is 26.3 Å². The van der Waals surface area contributed by atoms with Crippen LogP contribution in [0.5, 0.6) is 5.75 Å². The molecule has 1 aliphatic rings. The first-order valence-corrected chi connectivity index (χ1v) is 13.1. The van der Waals surface area contributed by atoms with Gasteiger partial charge in [0.1, 0.15) is 11.6 Å². The molecular weight excluding hydrogens is 465 g/mol. The van der Waals surface area contributed by atoms with Crippen LogP contribution in [0, 0.1) is 5.82 Å². The number of rotatable bonds is 11. The standard InChI is InChI=1S/C32H34FNO3/c33-29-12-7-24(8-13-29)22-35-18-3-19-36-30-14-10-27(11-15-30)31-16-17-34-21-32(31)37-23-25-6-9-26-4-1-2-5-28(26)20-25/h1-2,4-15,20,31-32,34H,3,16-19,21-23H2. The average molecular weight is 500 g/mol. The van der Waals surface area contributed by atoms with Crippen LogP contribution >= 0.6 is 0 Å². The predicted octanol–water partition coefficient (Wildman–Crippen LogP) is 6.63. The Bertz CT molecular complexity index is 1260. The second-order valence-corrected chi connectivity index (χ2v) is 9.58. The average Bonchev–Trinajstić information content (AvgIpc) is 2.95. The van der Waals surface area contributed by atoms with Gasteiger partial charge >= 0.3 is 0 Å². The number of ether oxygens (including phenoxy) is 3. The third-order valence-electron chi connectivity index (χ3n) is 6.90. The lowest BCUT2D eigenvalue weighted by Gasteiger charge is -2.32. The van der Waals surface area contributed by atoms with Gasteiger partial charge in [0.25, 0.3) is 0 Å². The van der Waals surface area contributed by atoms with Gasteiger partial charge in [0.15, 0.2) is 0 Å². The zero-order chi connectivity index (χ0) is 25.3. The zero-order valence-electron chi connectivity index (χ0n) is 21.1. The molecule has 5 heteroatoms. The van der Waals surface area contributed by atoms with E-state index in [2.05, 4.69) is 72.0 Å². The summed E-state index contributed by atoms with van der Waals surface area (Å²) in [6, 6.07) is 29.8. The topological polar surface area (TPSA) is 39.7 Å². The predicted molar refractivity (Wildman–Crippen MR) is 145 cm³/mol. The molecule has 0 aromatic heterocycles. The van der Waals surface area contributed by atoms with E-state index < -0.39 is 0 Å². The van der Waals surface area contributed by atoms with Gasteiger partial charge in [-0.25, -0.2) is 4.39 Å². The minimum absolute atomic E-state index is 0.130. The highest BCUT2D eigenvalue weighted by atomic mass is 19.1. The Kier molecular flexibility index (Phi) is 8.80. The van der Waals surface area contributed by atoms with Crippen LogP contribution in [0.4, 0.5) is 4.39 Å². The Labute approximate surface area is 218 Å². The molecule has 2 atom stereocenters. The molecule has 0 amide bonds. The normalized spacial score (nSPS) is 17.6. The maximum Gasteiger partial charge on any atom is 0.123 e. The van der Waals surface area contributed by atoms with Crippen LogP contribution in [-0.4, -0.2) is 32.4 Å². The number of hydrogen-bond donors (Lipinski definition) is 1. The van der Waals surface area contributed by atoms with Crippen LogP contribution in [0.2, 0.25) is 0 Å². The summed E-state index contributed by atoms with van der Waals surface area (Å²) in [7, 11) is 0. The van der Waals surface area contributed by atoms with Gasteiger partial charge in [0.2, 0.25) is 0 Å². The second kappa shape index (κ2) is 12.8. The van der Waals surface area contributed by atoms with E-state index in [9.17, 15) is 4.39 Å². The van der Waals surface area contributed by atoms with Gasteiger partial charge in [-0.05, 0) is 70.8 Å². The maximum absolute atomic E-state index is 13.0. The van der Waals surface area contributed by atoms with Crippen molar-refractivity contribution in [1.29, 1.82) is 0 Å². The monoisotopic (exact) mass is 499 g/mol. The summed E-state index contributed by atoms with van der Waals surface area (Å²) >= 11 is 0. The highest BCUT2D eigenvalue weighted by Gasteiger charge is 2.27. The minimum atomic E-state index is -0.229. The molecule has 192 valence electrons. The van der Waals surface area contributed by atoms with E-state index in [1.807, 2.05) is 0 Å². The molecule has 4 aromatic carbocycles. The van der Waals surface area contributed by atoms with Crippen LogP contribution in [0.15, 0.2) is 91.0 Å². The maximum atomic E-state index is 13.0. The second-order valence-electron chi connectivity index (χ2n) is 9.58. The van der Waals surface area contributed by atoms with Gasteiger partial charge in [-0.2, -0.15) is 0 Å². The van der Waals surface area contributed by atoms with Crippen molar-refractivity contribution in [1.82, 2.24) is 5.32 Å². The molecule has 2 unspecified atom stereocenters.